The highest BCUT2D eigenvalue weighted by Gasteiger charge is 2.21. The number of carboxylic acids is 1. The van der Waals surface area contributed by atoms with E-state index in [4.69, 9.17) is 15.6 Å². The van der Waals surface area contributed by atoms with Crippen LogP contribution in [0.4, 0.5) is 5.69 Å². The van der Waals surface area contributed by atoms with Crippen molar-refractivity contribution in [2.75, 3.05) is 12.3 Å². The first kappa shape index (κ1) is 10.8. The lowest BCUT2D eigenvalue weighted by Gasteiger charge is -2.10. The van der Waals surface area contributed by atoms with Crippen LogP contribution in [0.5, 0.6) is 5.75 Å². The number of hydrogen-bond donors (Lipinski definition) is 2. The molecule has 1 aromatic carbocycles. The molecule has 0 aromatic heterocycles. The number of aromatic carboxylic acids is 1. The van der Waals surface area contributed by atoms with E-state index in [0.29, 0.717) is 12.4 Å². The van der Waals surface area contributed by atoms with Gasteiger partial charge in [-0.3, -0.25) is 0 Å². The molecular formula is C12H15NO3. The van der Waals surface area contributed by atoms with Crippen molar-refractivity contribution in [3.63, 3.8) is 0 Å². The van der Waals surface area contributed by atoms with Crippen molar-refractivity contribution in [1.29, 1.82) is 0 Å². The average Bonchev–Trinajstić information content (AvgIpc) is 3.01. The fraction of sp³-hybridized carbons (Fsp3) is 0.417. The number of nitrogens with two attached hydrogens (primary N) is 1. The Kier molecular flexibility index (Phi) is 2.99. The fourth-order valence-electron chi connectivity index (χ4n) is 1.64. The Morgan fingerprint density at radius 2 is 2.25 bits per heavy atom. The molecule has 0 radical (unpaired) electrons. The monoisotopic (exact) mass is 221 g/mol. The molecule has 3 N–H and O–H groups in total. The topological polar surface area (TPSA) is 72.5 Å². The number of ether oxygens (including phenoxy) is 1. The summed E-state index contributed by atoms with van der Waals surface area (Å²) in [6.07, 6.45) is 3.53. The summed E-state index contributed by atoms with van der Waals surface area (Å²) in [5, 5.41) is 9.01. The number of rotatable bonds is 5. The van der Waals surface area contributed by atoms with E-state index >= 15 is 0 Å². The minimum Gasteiger partial charge on any atom is -0.493 e. The second-order valence-electron chi connectivity index (χ2n) is 4.11. The van der Waals surface area contributed by atoms with Gasteiger partial charge in [-0.1, -0.05) is 18.9 Å². The van der Waals surface area contributed by atoms with Gasteiger partial charge in [0.15, 0.2) is 0 Å². The van der Waals surface area contributed by atoms with Crippen molar-refractivity contribution in [3.8, 4) is 5.75 Å². The van der Waals surface area contributed by atoms with Gasteiger partial charge < -0.3 is 15.6 Å². The highest BCUT2D eigenvalue weighted by atomic mass is 16.5. The average molecular weight is 221 g/mol. The van der Waals surface area contributed by atoms with Gasteiger partial charge in [0.25, 0.3) is 0 Å². The summed E-state index contributed by atoms with van der Waals surface area (Å²) >= 11 is 0. The largest absolute Gasteiger partial charge is 0.493 e. The van der Waals surface area contributed by atoms with Gasteiger partial charge in [-0.25, -0.2) is 4.79 Å². The lowest BCUT2D eigenvalue weighted by Crippen LogP contribution is -2.07. The number of carboxylic acid groups (broad SMARTS) is 1. The molecule has 0 bridgehead atoms. The van der Waals surface area contributed by atoms with Crippen LogP contribution < -0.4 is 10.5 Å². The van der Waals surface area contributed by atoms with Crippen molar-refractivity contribution >= 4 is 11.7 Å². The zero-order valence-electron chi connectivity index (χ0n) is 8.98. The van der Waals surface area contributed by atoms with Gasteiger partial charge in [-0.05, 0) is 24.5 Å². The van der Waals surface area contributed by atoms with Crippen LogP contribution in [0.3, 0.4) is 0 Å². The predicted octanol–water partition coefficient (Wildman–Crippen LogP) is 2.15. The first-order valence-electron chi connectivity index (χ1n) is 5.43. The van der Waals surface area contributed by atoms with Crippen LogP contribution in [-0.2, 0) is 0 Å². The molecule has 0 amide bonds. The van der Waals surface area contributed by atoms with E-state index in [1.165, 1.54) is 12.8 Å². The molecule has 4 heteroatoms. The van der Waals surface area contributed by atoms with Crippen molar-refractivity contribution in [1.82, 2.24) is 0 Å². The zero-order valence-corrected chi connectivity index (χ0v) is 8.98. The Hall–Kier alpha value is -1.71. The summed E-state index contributed by atoms with van der Waals surface area (Å²) in [7, 11) is 0. The van der Waals surface area contributed by atoms with Gasteiger partial charge >= 0.3 is 5.97 Å². The molecule has 0 aliphatic heterocycles. The number of carbonyl (C=O) groups is 1. The molecule has 1 aromatic rings. The number of anilines is 1. The van der Waals surface area contributed by atoms with Crippen LogP contribution in [0.25, 0.3) is 0 Å². The van der Waals surface area contributed by atoms with E-state index in [-0.39, 0.29) is 11.3 Å². The Morgan fingerprint density at radius 1 is 1.50 bits per heavy atom. The van der Waals surface area contributed by atoms with Crippen molar-refractivity contribution in [2.45, 2.75) is 19.3 Å². The molecule has 0 atom stereocenters. The molecular weight excluding hydrogens is 206 g/mol. The Morgan fingerprint density at radius 3 is 2.88 bits per heavy atom. The summed E-state index contributed by atoms with van der Waals surface area (Å²) in [6.45, 7) is 0.564. The van der Waals surface area contributed by atoms with Gasteiger partial charge in [0.2, 0.25) is 0 Å². The maximum Gasteiger partial charge on any atom is 0.341 e. The first-order chi connectivity index (χ1) is 7.68. The van der Waals surface area contributed by atoms with E-state index < -0.39 is 5.97 Å². The molecule has 1 aliphatic carbocycles. The van der Waals surface area contributed by atoms with Gasteiger partial charge in [-0.2, -0.15) is 0 Å². The maximum atomic E-state index is 11.0. The molecule has 1 fully saturated rings. The molecule has 1 saturated carbocycles. The Bertz CT molecular complexity index is 399. The van der Waals surface area contributed by atoms with Gasteiger partial charge in [0.1, 0.15) is 11.3 Å². The van der Waals surface area contributed by atoms with Crippen molar-refractivity contribution < 1.29 is 14.6 Å². The van der Waals surface area contributed by atoms with Gasteiger partial charge in [0, 0.05) is 5.69 Å². The van der Waals surface area contributed by atoms with Crippen LogP contribution in [0, 0.1) is 5.92 Å². The fourth-order valence-corrected chi connectivity index (χ4v) is 1.64. The van der Waals surface area contributed by atoms with Crippen LogP contribution >= 0.6 is 0 Å². The minimum atomic E-state index is -1.04. The first-order valence-corrected chi connectivity index (χ1v) is 5.43. The van der Waals surface area contributed by atoms with E-state index in [1.807, 2.05) is 0 Å². The summed E-state index contributed by atoms with van der Waals surface area (Å²) in [5.74, 6) is 0.0991. The molecule has 86 valence electrons. The number of nitrogen functional groups attached to an aromatic ring is 1. The normalized spacial score (nSPS) is 14.8. The summed E-state index contributed by atoms with van der Waals surface area (Å²) in [4.78, 5) is 11.0. The minimum absolute atomic E-state index is 0.0679. The van der Waals surface area contributed by atoms with Crippen LogP contribution in [-0.4, -0.2) is 17.7 Å². The molecule has 2 rings (SSSR count). The van der Waals surface area contributed by atoms with Crippen molar-refractivity contribution in [3.05, 3.63) is 23.8 Å². The molecule has 0 unspecified atom stereocenters. The highest BCUT2D eigenvalue weighted by Crippen LogP contribution is 2.32. The Labute approximate surface area is 94.0 Å². The standard InChI is InChI=1S/C12H15NO3/c13-9-2-1-3-10(11(9)12(14)15)16-7-6-8-4-5-8/h1-3,8H,4-7,13H2,(H,14,15). The predicted molar refractivity (Wildman–Crippen MR) is 60.6 cm³/mol. The SMILES string of the molecule is Nc1cccc(OCCC2CC2)c1C(=O)O. The molecule has 16 heavy (non-hydrogen) atoms. The quantitative estimate of drug-likeness (QED) is 0.747. The van der Waals surface area contributed by atoms with Crippen LogP contribution in [0.15, 0.2) is 18.2 Å². The smallest absolute Gasteiger partial charge is 0.341 e. The van der Waals surface area contributed by atoms with E-state index in [2.05, 4.69) is 0 Å². The molecule has 0 spiro atoms. The zero-order chi connectivity index (χ0) is 11.5. The molecule has 1 aliphatic rings. The summed E-state index contributed by atoms with van der Waals surface area (Å²) in [5.41, 5.74) is 5.92. The third-order valence-corrected chi connectivity index (χ3v) is 2.75. The van der Waals surface area contributed by atoms with Gasteiger partial charge in [-0.15, -0.1) is 0 Å². The Balaban J connectivity index is 2.05. The van der Waals surface area contributed by atoms with E-state index in [1.54, 1.807) is 18.2 Å². The molecule has 0 saturated heterocycles. The van der Waals surface area contributed by atoms with Crippen LogP contribution in [0.2, 0.25) is 0 Å². The molecule has 4 nitrogen and oxygen atoms in total. The maximum absolute atomic E-state index is 11.0. The highest BCUT2D eigenvalue weighted by molar-refractivity contribution is 5.96. The third kappa shape index (κ3) is 2.45. The van der Waals surface area contributed by atoms with Crippen molar-refractivity contribution in [2.24, 2.45) is 5.92 Å². The third-order valence-electron chi connectivity index (χ3n) is 2.75. The number of hydrogen-bond acceptors (Lipinski definition) is 3. The van der Waals surface area contributed by atoms with E-state index in [0.717, 1.165) is 12.3 Å². The van der Waals surface area contributed by atoms with Crippen LogP contribution in [0.1, 0.15) is 29.6 Å². The summed E-state index contributed by atoms with van der Waals surface area (Å²) in [6, 6.07) is 4.91. The molecule has 0 heterocycles. The second-order valence-corrected chi connectivity index (χ2v) is 4.11. The number of benzene rings is 1. The lowest BCUT2D eigenvalue weighted by molar-refractivity contribution is 0.0693. The lowest BCUT2D eigenvalue weighted by atomic mass is 10.1. The van der Waals surface area contributed by atoms with Gasteiger partial charge in [0.05, 0.1) is 6.61 Å². The summed E-state index contributed by atoms with van der Waals surface area (Å²) < 4.78 is 5.47. The van der Waals surface area contributed by atoms with E-state index in [9.17, 15) is 4.79 Å². The second kappa shape index (κ2) is 4.43.